The summed E-state index contributed by atoms with van der Waals surface area (Å²) in [7, 11) is 0. The summed E-state index contributed by atoms with van der Waals surface area (Å²) < 4.78 is 9.33. The molecule has 15 rings (SSSR count). The highest BCUT2D eigenvalue weighted by Crippen LogP contribution is 2.48. The largest absolute Gasteiger partial charge is 0.318 e. The lowest BCUT2D eigenvalue weighted by Crippen LogP contribution is -2.04. The molecule has 0 amide bonds. The van der Waals surface area contributed by atoms with E-state index in [0.717, 1.165) is 104 Å². The number of para-hydroxylation sites is 4. The third-order valence-corrected chi connectivity index (χ3v) is 14.8. The third-order valence-electron chi connectivity index (χ3n) is 14.8. The van der Waals surface area contributed by atoms with Crippen LogP contribution in [0.3, 0.4) is 0 Å². The first-order valence-corrected chi connectivity index (χ1v) is 23.5. The Hall–Kier alpha value is -9.88. The molecule has 0 saturated carbocycles. The minimum Gasteiger partial charge on any atom is -0.318 e. The molecule has 0 atom stereocenters. The van der Waals surface area contributed by atoms with Crippen LogP contribution in [0.5, 0.6) is 0 Å². The number of aromatic nitrogens is 4. The highest BCUT2D eigenvalue weighted by atomic mass is 15.1. The van der Waals surface area contributed by atoms with Gasteiger partial charge in [-0.05, 0) is 100 Å². The molecular weight excluding hydrogens is 853 g/mol. The fraction of sp³-hybridized carbons (Fsp3) is 0. The van der Waals surface area contributed by atoms with Gasteiger partial charge in [0.25, 0.3) is 0 Å². The summed E-state index contributed by atoms with van der Waals surface area (Å²) in [5, 5.41) is 13.8. The van der Waals surface area contributed by atoms with Crippen molar-refractivity contribution in [3.8, 4) is 22.7 Å². The van der Waals surface area contributed by atoms with Crippen LogP contribution in [-0.4, -0.2) is 18.3 Å². The zero-order valence-corrected chi connectivity index (χ0v) is 37.5. The Morgan fingerprint density at radius 3 is 1.13 bits per heavy atom. The highest BCUT2D eigenvalue weighted by molar-refractivity contribution is 6.24. The molecule has 11 aromatic carbocycles. The molecule has 0 N–H and O–H groups in total. The lowest BCUT2D eigenvalue weighted by Gasteiger charge is -2.20. The van der Waals surface area contributed by atoms with Gasteiger partial charge in [-0.3, -0.25) is 4.85 Å². The molecule has 0 bridgehead atoms. The van der Waals surface area contributed by atoms with Crippen LogP contribution in [0.2, 0.25) is 0 Å². The van der Waals surface area contributed by atoms with Gasteiger partial charge in [0.05, 0.1) is 68.7 Å². The second kappa shape index (κ2) is 14.3. The highest BCUT2D eigenvalue weighted by Gasteiger charge is 2.26. The summed E-state index contributed by atoms with van der Waals surface area (Å²) in [6, 6.07) is 77.9. The lowest BCUT2D eigenvalue weighted by atomic mass is 10.0. The summed E-state index contributed by atoms with van der Waals surface area (Å²) >= 11 is 0. The van der Waals surface area contributed by atoms with Gasteiger partial charge < -0.3 is 18.3 Å². The van der Waals surface area contributed by atoms with Crippen LogP contribution in [0.15, 0.2) is 218 Å². The second-order valence-corrected chi connectivity index (χ2v) is 18.2. The molecule has 0 unspecified atom stereocenters. The minimum atomic E-state index is 0.309. The molecule has 0 aliphatic carbocycles. The first kappa shape index (κ1) is 38.2. The topological polar surface area (TPSA) is 28.4 Å². The van der Waals surface area contributed by atoms with Crippen LogP contribution in [0.25, 0.3) is 141 Å². The predicted octanol–water partition coefficient (Wildman–Crippen LogP) is 17.5. The van der Waals surface area contributed by atoms with Gasteiger partial charge in [-0.15, -0.1) is 0 Å². The SMILES string of the molecule is [C-]#[N+]c1ccc(-n2c3ccc(-n4c5ccccc5c5ccccc54)cc3c3c4ccccc4ccc32)c(-n2c3ccc(-n4c5ccccc5c5ccccc54)cc3c3c4ccccc4ccc32)c1[N+]#[C-]. The van der Waals surface area contributed by atoms with Crippen molar-refractivity contribution in [2.45, 2.75) is 0 Å². The fourth-order valence-corrected chi connectivity index (χ4v) is 11.9. The Labute approximate surface area is 400 Å². The molecule has 0 aliphatic rings. The minimum absolute atomic E-state index is 0.309. The average molecular weight is 889 g/mol. The van der Waals surface area contributed by atoms with E-state index in [-0.39, 0.29) is 0 Å². The number of benzene rings is 11. The average Bonchev–Trinajstić information content (AvgIpc) is 4.15. The number of nitrogens with zero attached hydrogens (tertiary/aromatic N) is 6. The van der Waals surface area contributed by atoms with Crippen LogP contribution in [0, 0.1) is 13.1 Å². The van der Waals surface area contributed by atoms with Gasteiger partial charge in [0, 0.05) is 54.5 Å². The predicted molar refractivity (Wildman–Crippen MR) is 291 cm³/mol. The fourth-order valence-electron chi connectivity index (χ4n) is 11.9. The molecule has 15 aromatic rings. The zero-order valence-electron chi connectivity index (χ0n) is 37.5. The normalized spacial score (nSPS) is 12.0. The van der Waals surface area contributed by atoms with Crippen LogP contribution < -0.4 is 0 Å². The first-order chi connectivity index (χ1) is 34.7. The van der Waals surface area contributed by atoms with Crippen LogP contribution in [0.4, 0.5) is 11.4 Å². The Morgan fingerprint density at radius 1 is 0.286 bits per heavy atom. The molecule has 0 aliphatic heterocycles. The van der Waals surface area contributed by atoms with Gasteiger partial charge in [-0.25, -0.2) is 4.85 Å². The number of hydrogen-bond acceptors (Lipinski definition) is 0. The monoisotopic (exact) mass is 888 g/mol. The molecule has 322 valence electrons. The van der Waals surface area contributed by atoms with E-state index >= 15 is 0 Å². The summed E-state index contributed by atoms with van der Waals surface area (Å²) in [5.41, 5.74) is 12.7. The van der Waals surface area contributed by atoms with Gasteiger partial charge in [-0.1, -0.05) is 140 Å². The van der Waals surface area contributed by atoms with E-state index in [1.165, 1.54) is 21.5 Å². The van der Waals surface area contributed by atoms with Crippen molar-refractivity contribution in [2.75, 3.05) is 0 Å². The van der Waals surface area contributed by atoms with E-state index < -0.39 is 0 Å². The van der Waals surface area contributed by atoms with E-state index in [1.54, 1.807) is 0 Å². The standard InChI is InChI=1S/C64H36N6/c1-65-51-31-36-60(69-56-34-29-41(37-49(56)61-43-17-5-3-15-39(43)27-32-58(61)69)67-52-23-11-7-19-45(52)46-20-8-12-24-53(46)67)64(63(51)66-2)70-57-35-30-42(38-50(57)62-44-18-6-4-16-40(44)28-33-59(62)70)68-54-25-13-9-21-47(54)48-22-10-14-26-55(48)68/h3-38H. The van der Waals surface area contributed by atoms with Crippen LogP contribution >= 0.6 is 0 Å². The number of hydrogen-bond donors (Lipinski definition) is 0. The molecule has 0 spiro atoms. The maximum Gasteiger partial charge on any atom is 0.220 e. The van der Waals surface area contributed by atoms with Gasteiger partial charge in [0.2, 0.25) is 5.69 Å². The molecule has 70 heavy (non-hydrogen) atoms. The van der Waals surface area contributed by atoms with Crippen molar-refractivity contribution in [3.63, 3.8) is 0 Å². The van der Waals surface area contributed by atoms with Crippen molar-refractivity contribution < 1.29 is 0 Å². The van der Waals surface area contributed by atoms with Crippen LogP contribution in [-0.2, 0) is 0 Å². The molecule has 0 fully saturated rings. The Kier molecular flexibility index (Phi) is 7.82. The quantitative estimate of drug-likeness (QED) is 0.158. The molecule has 0 radical (unpaired) electrons. The maximum absolute atomic E-state index is 8.91. The van der Waals surface area contributed by atoms with E-state index in [1.807, 2.05) is 6.07 Å². The third kappa shape index (κ3) is 5.08. The van der Waals surface area contributed by atoms with Crippen LogP contribution in [0.1, 0.15) is 0 Å². The summed E-state index contributed by atoms with van der Waals surface area (Å²) in [6.45, 7) is 17.4. The molecule has 6 nitrogen and oxygen atoms in total. The molecule has 0 saturated heterocycles. The Balaban J connectivity index is 1.07. The summed E-state index contributed by atoms with van der Waals surface area (Å²) in [6.07, 6.45) is 0. The van der Waals surface area contributed by atoms with Gasteiger partial charge in [-0.2, -0.15) is 0 Å². The zero-order chi connectivity index (χ0) is 46.2. The molecule has 4 aromatic heterocycles. The summed E-state index contributed by atoms with van der Waals surface area (Å²) in [5.74, 6) is 0. The lowest BCUT2D eigenvalue weighted by molar-refractivity contribution is 1.10. The number of rotatable bonds is 4. The first-order valence-electron chi connectivity index (χ1n) is 23.5. The number of fused-ring (bicyclic) bond motifs is 16. The van der Waals surface area contributed by atoms with Gasteiger partial charge >= 0.3 is 0 Å². The van der Waals surface area contributed by atoms with Crippen molar-refractivity contribution in [1.82, 2.24) is 18.3 Å². The van der Waals surface area contributed by atoms with Crippen molar-refractivity contribution >= 4 is 120 Å². The van der Waals surface area contributed by atoms with E-state index in [9.17, 15) is 0 Å². The van der Waals surface area contributed by atoms with Crippen molar-refractivity contribution in [1.29, 1.82) is 0 Å². The van der Waals surface area contributed by atoms with Crippen molar-refractivity contribution in [3.05, 3.63) is 241 Å². The van der Waals surface area contributed by atoms with E-state index in [4.69, 9.17) is 13.1 Å². The Morgan fingerprint density at radius 2 is 0.671 bits per heavy atom. The maximum atomic E-state index is 8.91. The summed E-state index contributed by atoms with van der Waals surface area (Å²) in [4.78, 5) is 8.29. The van der Waals surface area contributed by atoms with Gasteiger partial charge in [0.15, 0.2) is 5.69 Å². The van der Waals surface area contributed by atoms with E-state index in [0.29, 0.717) is 17.1 Å². The second-order valence-electron chi connectivity index (χ2n) is 18.2. The van der Waals surface area contributed by atoms with Crippen molar-refractivity contribution in [2.24, 2.45) is 0 Å². The Bertz CT molecular complexity index is 4760. The molecule has 4 heterocycles. The molecule has 6 heteroatoms. The van der Waals surface area contributed by atoms with Gasteiger partial charge in [0.1, 0.15) is 0 Å². The van der Waals surface area contributed by atoms with E-state index in [2.05, 4.69) is 240 Å². The molecular formula is C64H36N6. The smallest absolute Gasteiger partial charge is 0.220 e.